The van der Waals surface area contributed by atoms with Crippen molar-refractivity contribution >= 4 is 23.0 Å². The highest BCUT2D eigenvalue weighted by atomic mass is 35.5. The lowest BCUT2D eigenvalue weighted by molar-refractivity contribution is 0.267. The molecule has 3 rings (SSSR count). The molecule has 0 amide bonds. The van der Waals surface area contributed by atoms with E-state index in [0.717, 1.165) is 45.0 Å². The molecule has 8 heteroatoms. The first-order valence-corrected chi connectivity index (χ1v) is 8.65. The van der Waals surface area contributed by atoms with Crippen molar-refractivity contribution < 1.29 is 5.11 Å². The highest BCUT2D eigenvalue weighted by Gasteiger charge is 2.20. The molecule has 1 aromatic heterocycles. The summed E-state index contributed by atoms with van der Waals surface area (Å²) in [5.74, 6) is 0.264. The molecular formula is C17H22ClN5O2. The molecule has 2 N–H and O–H groups in total. The second-order valence-electron chi connectivity index (χ2n) is 6.05. The van der Waals surface area contributed by atoms with E-state index in [-0.39, 0.29) is 16.3 Å². The lowest BCUT2D eigenvalue weighted by Gasteiger charge is -2.36. The van der Waals surface area contributed by atoms with Crippen LogP contribution in [0, 0.1) is 0 Å². The number of aromatic nitrogens is 2. The molecule has 134 valence electrons. The number of piperazine rings is 1. The van der Waals surface area contributed by atoms with Crippen LogP contribution >= 0.6 is 11.6 Å². The summed E-state index contributed by atoms with van der Waals surface area (Å²) in [6, 6.07) is 7.22. The molecule has 1 aliphatic rings. The molecule has 7 nitrogen and oxygen atoms in total. The van der Waals surface area contributed by atoms with E-state index in [1.165, 1.54) is 4.68 Å². The van der Waals surface area contributed by atoms with Gasteiger partial charge in [0.25, 0.3) is 5.56 Å². The standard InChI is InChI=1S/C17H22ClN5O2/c1-21-17(25)16(18)14(12-20-21)23-10-8-22(9-11-23)7-6-19-13-4-2-3-5-15(13)24/h2-5,12,19,24H,6-11H2,1H3. The predicted octanol–water partition coefficient (Wildman–Crippen LogP) is 1.37. The van der Waals surface area contributed by atoms with Gasteiger partial charge in [-0.3, -0.25) is 9.69 Å². The minimum Gasteiger partial charge on any atom is -0.506 e. The molecule has 0 radical (unpaired) electrons. The number of aromatic hydroxyl groups is 1. The maximum absolute atomic E-state index is 11.9. The summed E-state index contributed by atoms with van der Waals surface area (Å²) in [7, 11) is 1.59. The number of phenols is 1. The molecule has 0 aliphatic carbocycles. The molecular weight excluding hydrogens is 342 g/mol. The van der Waals surface area contributed by atoms with Crippen LogP contribution in [0.5, 0.6) is 5.75 Å². The molecule has 25 heavy (non-hydrogen) atoms. The zero-order chi connectivity index (χ0) is 17.8. The van der Waals surface area contributed by atoms with Crippen LogP contribution in [0.15, 0.2) is 35.3 Å². The first-order chi connectivity index (χ1) is 12.1. The Bertz CT molecular complexity index is 787. The van der Waals surface area contributed by atoms with Crippen LogP contribution in [0.2, 0.25) is 5.02 Å². The van der Waals surface area contributed by atoms with Gasteiger partial charge >= 0.3 is 0 Å². The number of para-hydroxylation sites is 2. The van der Waals surface area contributed by atoms with Crippen LogP contribution in [0.25, 0.3) is 0 Å². The summed E-state index contributed by atoms with van der Waals surface area (Å²) < 4.78 is 1.24. The number of benzene rings is 1. The highest BCUT2D eigenvalue weighted by Crippen LogP contribution is 2.23. The average molecular weight is 364 g/mol. The van der Waals surface area contributed by atoms with E-state index in [4.69, 9.17) is 11.6 Å². The molecule has 2 heterocycles. The summed E-state index contributed by atoms with van der Waals surface area (Å²) in [4.78, 5) is 16.3. The Morgan fingerprint density at radius 1 is 1.24 bits per heavy atom. The lowest BCUT2D eigenvalue weighted by atomic mass is 10.2. The third-order valence-corrected chi connectivity index (χ3v) is 4.78. The van der Waals surface area contributed by atoms with Gasteiger partial charge in [-0.1, -0.05) is 23.7 Å². The molecule has 0 unspecified atom stereocenters. The number of nitrogens with zero attached hydrogens (tertiary/aromatic N) is 4. The molecule has 1 saturated heterocycles. The van der Waals surface area contributed by atoms with E-state index in [0.29, 0.717) is 5.69 Å². The van der Waals surface area contributed by atoms with Gasteiger partial charge in [-0.2, -0.15) is 5.10 Å². The van der Waals surface area contributed by atoms with Crippen molar-refractivity contribution in [1.29, 1.82) is 0 Å². The van der Waals surface area contributed by atoms with Gasteiger partial charge in [0.1, 0.15) is 10.8 Å². The first kappa shape index (κ1) is 17.6. The lowest BCUT2D eigenvalue weighted by Crippen LogP contribution is -2.48. The summed E-state index contributed by atoms with van der Waals surface area (Å²) in [5.41, 5.74) is 1.18. The van der Waals surface area contributed by atoms with Crippen molar-refractivity contribution in [2.24, 2.45) is 7.05 Å². The van der Waals surface area contributed by atoms with Gasteiger partial charge in [0, 0.05) is 46.3 Å². The predicted molar refractivity (Wildman–Crippen MR) is 99.7 cm³/mol. The SMILES string of the molecule is Cn1ncc(N2CCN(CCNc3ccccc3O)CC2)c(Cl)c1=O. The van der Waals surface area contributed by atoms with E-state index < -0.39 is 0 Å². The molecule has 2 aromatic rings. The van der Waals surface area contributed by atoms with Gasteiger partial charge in [-0.15, -0.1) is 0 Å². The monoisotopic (exact) mass is 363 g/mol. The quantitative estimate of drug-likeness (QED) is 0.782. The van der Waals surface area contributed by atoms with Gasteiger partial charge < -0.3 is 15.3 Å². The van der Waals surface area contributed by atoms with Crippen molar-refractivity contribution in [1.82, 2.24) is 14.7 Å². The van der Waals surface area contributed by atoms with Crippen LogP contribution in [0.4, 0.5) is 11.4 Å². The number of aryl methyl sites for hydroxylation is 1. The molecule has 0 saturated carbocycles. The topological polar surface area (TPSA) is 73.6 Å². The van der Waals surface area contributed by atoms with E-state index in [1.54, 1.807) is 25.4 Å². The maximum Gasteiger partial charge on any atom is 0.287 e. The van der Waals surface area contributed by atoms with Gasteiger partial charge in [0.2, 0.25) is 0 Å². The third-order valence-electron chi connectivity index (χ3n) is 4.42. The van der Waals surface area contributed by atoms with E-state index in [2.05, 4.69) is 20.2 Å². The van der Waals surface area contributed by atoms with E-state index in [9.17, 15) is 9.90 Å². The summed E-state index contributed by atoms with van der Waals surface area (Å²) in [6.45, 7) is 4.99. The normalized spacial score (nSPS) is 15.4. The fraction of sp³-hybridized carbons (Fsp3) is 0.412. The summed E-state index contributed by atoms with van der Waals surface area (Å²) >= 11 is 6.17. The van der Waals surface area contributed by atoms with Crippen LogP contribution in [0.3, 0.4) is 0 Å². The van der Waals surface area contributed by atoms with Crippen molar-refractivity contribution in [3.63, 3.8) is 0 Å². The smallest absolute Gasteiger partial charge is 0.287 e. The highest BCUT2D eigenvalue weighted by molar-refractivity contribution is 6.33. The Morgan fingerprint density at radius 2 is 1.96 bits per heavy atom. The second kappa shape index (κ2) is 7.76. The van der Waals surface area contributed by atoms with Crippen molar-refractivity contribution in [3.05, 3.63) is 45.8 Å². The zero-order valence-corrected chi connectivity index (χ0v) is 14.9. The number of anilines is 2. The van der Waals surface area contributed by atoms with Crippen molar-refractivity contribution in [2.45, 2.75) is 0 Å². The Balaban J connectivity index is 1.50. The minimum atomic E-state index is -0.270. The fourth-order valence-corrected chi connectivity index (χ4v) is 3.20. The Labute approximate surface area is 151 Å². The van der Waals surface area contributed by atoms with Gasteiger partial charge in [-0.05, 0) is 12.1 Å². The average Bonchev–Trinajstić information content (AvgIpc) is 2.62. The van der Waals surface area contributed by atoms with Gasteiger partial charge in [-0.25, -0.2) is 4.68 Å². The van der Waals surface area contributed by atoms with E-state index in [1.807, 2.05) is 12.1 Å². The Morgan fingerprint density at radius 3 is 2.68 bits per heavy atom. The van der Waals surface area contributed by atoms with Crippen LogP contribution in [0.1, 0.15) is 0 Å². The Hall–Kier alpha value is -2.25. The molecule has 0 spiro atoms. The number of phenolic OH excluding ortho intramolecular Hbond substituents is 1. The minimum absolute atomic E-state index is 0.229. The van der Waals surface area contributed by atoms with Gasteiger partial charge in [0.15, 0.2) is 0 Å². The Kier molecular flexibility index (Phi) is 5.45. The zero-order valence-electron chi connectivity index (χ0n) is 14.2. The molecule has 0 bridgehead atoms. The second-order valence-corrected chi connectivity index (χ2v) is 6.42. The molecule has 0 atom stereocenters. The number of hydrogen-bond acceptors (Lipinski definition) is 6. The summed E-state index contributed by atoms with van der Waals surface area (Å²) in [6.07, 6.45) is 1.65. The van der Waals surface area contributed by atoms with Crippen LogP contribution in [-0.2, 0) is 7.05 Å². The number of hydrogen-bond donors (Lipinski definition) is 2. The summed E-state index contributed by atoms with van der Waals surface area (Å²) in [5, 5.41) is 17.3. The largest absolute Gasteiger partial charge is 0.506 e. The van der Waals surface area contributed by atoms with Crippen LogP contribution in [-0.4, -0.2) is 59.1 Å². The third kappa shape index (κ3) is 4.05. The van der Waals surface area contributed by atoms with Crippen LogP contribution < -0.4 is 15.8 Å². The van der Waals surface area contributed by atoms with Gasteiger partial charge in [0.05, 0.1) is 17.6 Å². The first-order valence-electron chi connectivity index (χ1n) is 8.27. The van der Waals surface area contributed by atoms with E-state index >= 15 is 0 Å². The molecule has 1 fully saturated rings. The number of rotatable bonds is 5. The molecule has 1 aliphatic heterocycles. The number of nitrogens with one attached hydrogen (secondary N) is 1. The van der Waals surface area contributed by atoms with Crippen molar-refractivity contribution in [3.8, 4) is 5.75 Å². The van der Waals surface area contributed by atoms with Crippen molar-refractivity contribution in [2.75, 3.05) is 49.5 Å². The number of halogens is 1. The maximum atomic E-state index is 11.9. The fourth-order valence-electron chi connectivity index (χ4n) is 2.91. The molecule has 1 aromatic carbocycles.